The number of nitrogens with one attached hydrogen (secondary N) is 1. The van der Waals surface area contributed by atoms with Gasteiger partial charge in [-0.1, -0.05) is 6.07 Å². The van der Waals surface area contributed by atoms with Gasteiger partial charge in [0.2, 0.25) is 0 Å². The Morgan fingerprint density at radius 3 is 2.21 bits per heavy atom. The molecule has 0 unspecified atom stereocenters. The van der Waals surface area contributed by atoms with Gasteiger partial charge in [0.05, 0.1) is 19.8 Å². The highest BCUT2D eigenvalue weighted by atomic mass is 16.5. The summed E-state index contributed by atoms with van der Waals surface area (Å²) < 4.78 is 10.5. The van der Waals surface area contributed by atoms with Crippen molar-refractivity contribution in [1.82, 2.24) is 5.32 Å². The van der Waals surface area contributed by atoms with Crippen molar-refractivity contribution in [2.45, 2.75) is 45.4 Å². The highest BCUT2D eigenvalue weighted by Gasteiger charge is 2.34. The number of hydrogen-bond acceptors (Lipinski definition) is 4. The fourth-order valence-corrected chi connectivity index (χ4v) is 1.53. The van der Waals surface area contributed by atoms with Gasteiger partial charge < -0.3 is 19.9 Å². The Hall–Kier alpha value is -1.26. The van der Waals surface area contributed by atoms with Crippen LogP contribution in [0.1, 0.15) is 33.3 Å². The Balaban J connectivity index is 2.83. The Bertz CT molecular complexity index is 422. The second-order valence-corrected chi connectivity index (χ2v) is 5.72. The van der Waals surface area contributed by atoms with Crippen LogP contribution in [0.4, 0.5) is 0 Å². The molecule has 1 rings (SSSR count). The summed E-state index contributed by atoms with van der Waals surface area (Å²) >= 11 is 0. The van der Waals surface area contributed by atoms with Crippen LogP contribution in [0.5, 0.6) is 11.5 Å². The zero-order valence-electron chi connectivity index (χ0n) is 12.7. The van der Waals surface area contributed by atoms with E-state index in [9.17, 15) is 5.11 Å². The van der Waals surface area contributed by atoms with Crippen LogP contribution in [-0.4, -0.2) is 30.5 Å². The summed E-state index contributed by atoms with van der Waals surface area (Å²) in [6.45, 7) is 8.16. The summed E-state index contributed by atoms with van der Waals surface area (Å²) in [5, 5.41) is 13.5. The monoisotopic (exact) mass is 267 g/mol. The molecule has 1 aromatic carbocycles. The average molecular weight is 267 g/mol. The van der Waals surface area contributed by atoms with E-state index in [1.165, 1.54) is 0 Å². The fourth-order valence-electron chi connectivity index (χ4n) is 1.53. The molecular formula is C15H25NO3. The molecule has 0 aliphatic heterocycles. The maximum atomic E-state index is 10.1. The van der Waals surface area contributed by atoms with Crippen molar-refractivity contribution in [2.24, 2.45) is 0 Å². The standard InChI is InChI=1S/C15H25NO3/c1-14(2,15(3,4)17)16-10-11-7-8-12(18-5)9-13(11)19-6/h7-9,16-17H,10H2,1-6H3. The summed E-state index contributed by atoms with van der Waals surface area (Å²) in [5.74, 6) is 1.54. The number of ether oxygens (including phenoxy) is 2. The van der Waals surface area contributed by atoms with E-state index in [0.717, 1.165) is 17.1 Å². The Labute approximate surface area is 115 Å². The van der Waals surface area contributed by atoms with Crippen molar-refractivity contribution in [3.63, 3.8) is 0 Å². The Morgan fingerprint density at radius 2 is 1.74 bits per heavy atom. The lowest BCUT2D eigenvalue weighted by molar-refractivity contribution is -0.00539. The van der Waals surface area contributed by atoms with Gasteiger partial charge in [0.15, 0.2) is 0 Å². The fraction of sp³-hybridized carbons (Fsp3) is 0.600. The largest absolute Gasteiger partial charge is 0.497 e. The Kier molecular flexibility index (Phi) is 4.82. The minimum atomic E-state index is -0.813. The molecule has 0 bridgehead atoms. The van der Waals surface area contributed by atoms with Crippen molar-refractivity contribution >= 4 is 0 Å². The normalized spacial score (nSPS) is 12.4. The van der Waals surface area contributed by atoms with E-state index >= 15 is 0 Å². The molecule has 1 aromatic rings. The van der Waals surface area contributed by atoms with Gasteiger partial charge in [-0.25, -0.2) is 0 Å². The minimum Gasteiger partial charge on any atom is -0.497 e. The van der Waals surface area contributed by atoms with E-state index in [0.29, 0.717) is 6.54 Å². The first-order valence-corrected chi connectivity index (χ1v) is 6.39. The van der Waals surface area contributed by atoms with Crippen LogP contribution in [0.3, 0.4) is 0 Å². The van der Waals surface area contributed by atoms with Gasteiger partial charge in [-0.2, -0.15) is 0 Å². The molecule has 0 radical (unpaired) electrons. The third kappa shape index (κ3) is 3.85. The first kappa shape index (κ1) is 15.8. The first-order valence-electron chi connectivity index (χ1n) is 6.39. The van der Waals surface area contributed by atoms with Crippen molar-refractivity contribution in [3.05, 3.63) is 23.8 Å². The summed E-state index contributed by atoms with van der Waals surface area (Å²) in [6, 6.07) is 5.72. The van der Waals surface area contributed by atoms with Gasteiger partial charge in [0, 0.05) is 23.7 Å². The van der Waals surface area contributed by atoms with E-state index in [2.05, 4.69) is 5.32 Å². The topological polar surface area (TPSA) is 50.7 Å². The smallest absolute Gasteiger partial charge is 0.127 e. The van der Waals surface area contributed by atoms with Crippen LogP contribution in [0.25, 0.3) is 0 Å². The molecule has 4 heteroatoms. The lowest BCUT2D eigenvalue weighted by atomic mass is 9.86. The average Bonchev–Trinajstić information content (AvgIpc) is 2.34. The SMILES string of the molecule is COc1ccc(CNC(C)(C)C(C)(C)O)c(OC)c1. The summed E-state index contributed by atoms with van der Waals surface area (Å²) in [6.07, 6.45) is 0. The van der Waals surface area contributed by atoms with Gasteiger partial charge in [0.1, 0.15) is 11.5 Å². The lowest BCUT2D eigenvalue weighted by Gasteiger charge is -2.38. The third-order valence-electron chi connectivity index (χ3n) is 3.74. The van der Waals surface area contributed by atoms with Crippen molar-refractivity contribution in [1.29, 1.82) is 0 Å². The molecular weight excluding hydrogens is 242 g/mol. The molecule has 0 aliphatic rings. The first-order chi connectivity index (χ1) is 8.71. The minimum absolute atomic E-state index is 0.405. The Morgan fingerprint density at radius 1 is 1.11 bits per heavy atom. The van der Waals surface area contributed by atoms with E-state index < -0.39 is 11.1 Å². The van der Waals surface area contributed by atoms with Crippen LogP contribution in [0, 0.1) is 0 Å². The van der Waals surface area contributed by atoms with Gasteiger partial charge in [-0.15, -0.1) is 0 Å². The van der Waals surface area contributed by atoms with E-state index in [1.807, 2.05) is 32.0 Å². The van der Waals surface area contributed by atoms with Crippen molar-refractivity contribution in [2.75, 3.05) is 14.2 Å². The molecule has 0 fully saturated rings. The maximum absolute atomic E-state index is 10.1. The van der Waals surface area contributed by atoms with Crippen molar-refractivity contribution < 1.29 is 14.6 Å². The number of aliphatic hydroxyl groups is 1. The lowest BCUT2D eigenvalue weighted by Crippen LogP contribution is -2.55. The molecule has 0 saturated carbocycles. The number of methoxy groups -OCH3 is 2. The molecule has 19 heavy (non-hydrogen) atoms. The van der Waals surface area contributed by atoms with Gasteiger partial charge in [0.25, 0.3) is 0 Å². The highest BCUT2D eigenvalue weighted by molar-refractivity contribution is 5.40. The van der Waals surface area contributed by atoms with Crippen molar-refractivity contribution in [3.8, 4) is 11.5 Å². The van der Waals surface area contributed by atoms with Crippen LogP contribution < -0.4 is 14.8 Å². The molecule has 0 saturated heterocycles. The summed E-state index contributed by atoms with van der Waals surface area (Å²) in [5.41, 5.74) is -0.189. The molecule has 0 aliphatic carbocycles. The van der Waals surface area contributed by atoms with Gasteiger partial charge in [-0.05, 0) is 33.8 Å². The molecule has 0 atom stereocenters. The molecule has 0 spiro atoms. The van der Waals surface area contributed by atoms with E-state index in [4.69, 9.17) is 9.47 Å². The van der Waals surface area contributed by atoms with Gasteiger partial charge >= 0.3 is 0 Å². The second kappa shape index (κ2) is 5.80. The molecule has 2 N–H and O–H groups in total. The van der Waals surface area contributed by atoms with E-state index in [-0.39, 0.29) is 0 Å². The maximum Gasteiger partial charge on any atom is 0.127 e. The number of benzene rings is 1. The zero-order valence-corrected chi connectivity index (χ0v) is 12.7. The third-order valence-corrected chi connectivity index (χ3v) is 3.74. The van der Waals surface area contributed by atoms with Gasteiger partial charge in [-0.3, -0.25) is 0 Å². The zero-order chi connectivity index (χ0) is 14.7. The van der Waals surface area contributed by atoms with E-state index in [1.54, 1.807) is 28.1 Å². The molecule has 4 nitrogen and oxygen atoms in total. The number of rotatable bonds is 6. The second-order valence-electron chi connectivity index (χ2n) is 5.72. The quantitative estimate of drug-likeness (QED) is 0.830. The molecule has 0 aromatic heterocycles. The van der Waals surface area contributed by atoms with Crippen LogP contribution in [0.15, 0.2) is 18.2 Å². The van der Waals surface area contributed by atoms with Crippen LogP contribution in [-0.2, 0) is 6.54 Å². The summed E-state index contributed by atoms with van der Waals surface area (Å²) in [7, 11) is 3.27. The highest BCUT2D eigenvalue weighted by Crippen LogP contribution is 2.26. The number of hydrogen-bond donors (Lipinski definition) is 2. The predicted molar refractivity (Wildman–Crippen MR) is 76.8 cm³/mol. The van der Waals surface area contributed by atoms with Crippen LogP contribution in [0.2, 0.25) is 0 Å². The molecule has 0 heterocycles. The molecule has 0 amide bonds. The molecule has 108 valence electrons. The predicted octanol–water partition coefficient (Wildman–Crippen LogP) is 2.34. The summed E-state index contributed by atoms with van der Waals surface area (Å²) in [4.78, 5) is 0. The van der Waals surface area contributed by atoms with Crippen LogP contribution >= 0.6 is 0 Å².